The number of hydrogen-bond acceptors (Lipinski definition) is 3. The minimum atomic E-state index is 0.345. The van der Waals surface area contributed by atoms with Gasteiger partial charge in [-0.05, 0) is 144 Å². The molecule has 0 spiro atoms. The van der Waals surface area contributed by atoms with E-state index in [0.717, 1.165) is 54.2 Å². The van der Waals surface area contributed by atoms with Crippen molar-refractivity contribution in [2.24, 2.45) is 0 Å². The molecule has 3 nitrogen and oxygen atoms in total. The molecule has 2 aliphatic carbocycles. The molecule has 0 N–H and O–H groups in total. The van der Waals surface area contributed by atoms with Gasteiger partial charge in [0, 0.05) is 17.1 Å². The van der Waals surface area contributed by atoms with Crippen molar-refractivity contribution in [3.05, 3.63) is 115 Å². The molecule has 0 aromatic heterocycles. The molecule has 2 aliphatic rings. The Labute approximate surface area is 253 Å². The van der Waals surface area contributed by atoms with Crippen molar-refractivity contribution < 1.29 is 9.47 Å². The Balaban J connectivity index is 1.23. The molecule has 6 aromatic rings. The van der Waals surface area contributed by atoms with Gasteiger partial charge in [-0.15, -0.1) is 0 Å². The van der Waals surface area contributed by atoms with Gasteiger partial charge < -0.3 is 14.4 Å². The minimum absolute atomic E-state index is 0.345. The fourth-order valence-electron chi connectivity index (χ4n) is 7.23. The lowest BCUT2D eigenvalue weighted by atomic mass is 9.94. The van der Waals surface area contributed by atoms with Crippen molar-refractivity contribution in [2.45, 2.75) is 63.6 Å². The van der Waals surface area contributed by atoms with Gasteiger partial charge in [-0.1, -0.05) is 54.6 Å². The molecule has 2 fully saturated rings. The Kier molecular flexibility index (Phi) is 6.87. The third kappa shape index (κ3) is 5.07. The monoisotopic (exact) mass is 563 g/mol. The summed E-state index contributed by atoms with van der Waals surface area (Å²) >= 11 is 0. The summed E-state index contributed by atoms with van der Waals surface area (Å²) in [6.45, 7) is 0. The first kappa shape index (κ1) is 26.2. The van der Waals surface area contributed by atoms with E-state index in [1.165, 1.54) is 58.0 Å². The molecule has 0 amide bonds. The van der Waals surface area contributed by atoms with Crippen molar-refractivity contribution >= 4 is 49.4 Å². The highest BCUT2D eigenvalue weighted by Gasteiger charge is 2.20. The normalized spacial score (nSPS) is 15.9. The van der Waals surface area contributed by atoms with E-state index in [9.17, 15) is 0 Å². The van der Waals surface area contributed by atoms with Crippen LogP contribution in [-0.4, -0.2) is 12.2 Å². The summed E-state index contributed by atoms with van der Waals surface area (Å²) in [4.78, 5) is 2.35. The van der Waals surface area contributed by atoms with Crippen molar-refractivity contribution in [1.29, 1.82) is 0 Å². The van der Waals surface area contributed by atoms with Crippen LogP contribution in [0, 0.1) is 0 Å². The summed E-state index contributed by atoms with van der Waals surface area (Å²) in [5.41, 5.74) is 3.34. The number of nitrogens with zero attached hydrogens (tertiary/aromatic N) is 1. The molecule has 2 saturated carbocycles. The Hall–Kier alpha value is -4.50. The van der Waals surface area contributed by atoms with Crippen LogP contribution in [0.15, 0.2) is 115 Å². The van der Waals surface area contributed by atoms with Crippen LogP contribution in [0.25, 0.3) is 32.3 Å². The summed E-state index contributed by atoms with van der Waals surface area (Å²) in [5, 5.41) is 7.69. The Morgan fingerprint density at radius 2 is 0.767 bits per heavy atom. The third-order valence-corrected chi connectivity index (χ3v) is 9.39. The van der Waals surface area contributed by atoms with E-state index in [2.05, 4.69) is 120 Å². The molecule has 3 heteroatoms. The highest BCUT2D eigenvalue weighted by Crippen LogP contribution is 2.41. The molecule has 43 heavy (non-hydrogen) atoms. The van der Waals surface area contributed by atoms with E-state index >= 15 is 0 Å². The number of hydrogen-bond donors (Lipinski definition) is 0. The lowest BCUT2D eigenvalue weighted by Crippen LogP contribution is -2.13. The van der Waals surface area contributed by atoms with Crippen LogP contribution < -0.4 is 14.4 Å². The highest BCUT2D eigenvalue weighted by atomic mass is 16.5. The Bertz CT molecular complexity index is 1780. The third-order valence-electron chi connectivity index (χ3n) is 9.39. The van der Waals surface area contributed by atoms with Gasteiger partial charge in [-0.25, -0.2) is 0 Å². The van der Waals surface area contributed by atoms with E-state index in [4.69, 9.17) is 9.47 Å². The standard InChI is InChI=1S/C40H37NO2/c1-2-10-31(9-1)42-33-22-17-28(18-23-33)41(29-19-24-34(25-20-29)43-32-11-3-4-12-32)30-21-26-39-37-15-6-5-13-35(37)36-14-7-8-16-38(36)40(39)27-30/h5-8,13-27,31-32H,1-4,9-12H2. The molecule has 8 rings (SSSR count). The van der Waals surface area contributed by atoms with Crippen molar-refractivity contribution in [1.82, 2.24) is 0 Å². The molecule has 0 heterocycles. The van der Waals surface area contributed by atoms with Gasteiger partial charge in [0.2, 0.25) is 0 Å². The second kappa shape index (κ2) is 11.3. The first-order valence-electron chi connectivity index (χ1n) is 16.0. The maximum absolute atomic E-state index is 6.31. The van der Waals surface area contributed by atoms with E-state index in [0.29, 0.717) is 12.2 Å². The van der Waals surface area contributed by atoms with Crippen molar-refractivity contribution in [2.75, 3.05) is 4.90 Å². The van der Waals surface area contributed by atoms with Gasteiger partial charge in [-0.2, -0.15) is 0 Å². The van der Waals surface area contributed by atoms with E-state index in [-0.39, 0.29) is 0 Å². The average molecular weight is 564 g/mol. The number of fused-ring (bicyclic) bond motifs is 6. The minimum Gasteiger partial charge on any atom is -0.490 e. The smallest absolute Gasteiger partial charge is 0.119 e. The molecule has 0 unspecified atom stereocenters. The SMILES string of the molecule is c1ccc2c(c1)c1ccccc1c1cc(N(c3ccc(OC4CCCC4)cc3)c3ccc(OC4CCCC4)cc3)ccc21. The molecule has 0 aliphatic heterocycles. The predicted octanol–water partition coefficient (Wildman–Crippen LogP) is 11.3. The van der Waals surface area contributed by atoms with Crippen LogP contribution in [0.3, 0.4) is 0 Å². The van der Waals surface area contributed by atoms with Gasteiger partial charge in [0.25, 0.3) is 0 Å². The average Bonchev–Trinajstić information content (AvgIpc) is 3.78. The lowest BCUT2D eigenvalue weighted by molar-refractivity contribution is 0.210. The summed E-state index contributed by atoms with van der Waals surface area (Å²) in [6.07, 6.45) is 10.4. The van der Waals surface area contributed by atoms with Crippen LogP contribution in [0.2, 0.25) is 0 Å². The maximum Gasteiger partial charge on any atom is 0.119 e. The van der Waals surface area contributed by atoms with Gasteiger partial charge in [0.05, 0.1) is 12.2 Å². The number of rotatable bonds is 7. The number of anilines is 3. The zero-order valence-corrected chi connectivity index (χ0v) is 24.5. The molecule has 0 atom stereocenters. The molecule has 6 aromatic carbocycles. The van der Waals surface area contributed by atoms with Crippen LogP contribution in [0.5, 0.6) is 11.5 Å². The second-order valence-corrected chi connectivity index (χ2v) is 12.2. The predicted molar refractivity (Wildman–Crippen MR) is 179 cm³/mol. The topological polar surface area (TPSA) is 21.7 Å². The number of ether oxygens (including phenoxy) is 2. The van der Waals surface area contributed by atoms with Gasteiger partial charge in [-0.3, -0.25) is 0 Å². The second-order valence-electron chi connectivity index (χ2n) is 12.2. The fraction of sp³-hybridized carbons (Fsp3) is 0.250. The summed E-state index contributed by atoms with van der Waals surface area (Å²) < 4.78 is 12.6. The molecule has 0 bridgehead atoms. The van der Waals surface area contributed by atoms with E-state index < -0.39 is 0 Å². The Morgan fingerprint density at radius 3 is 1.21 bits per heavy atom. The zero-order chi connectivity index (χ0) is 28.6. The molecular formula is C40H37NO2. The highest BCUT2D eigenvalue weighted by molar-refractivity contribution is 6.25. The van der Waals surface area contributed by atoms with Crippen LogP contribution >= 0.6 is 0 Å². The van der Waals surface area contributed by atoms with Crippen molar-refractivity contribution in [3.8, 4) is 11.5 Å². The number of benzene rings is 6. The first-order chi connectivity index (χ1) is 21.3. The summed E-state index contributed by atoms with van der Waals surface area (Å²) in [6, 6.07) is 41.7. The van der Waals surface area contributed by atoms with Crippen LogP contribution in [0.1, 0.15) is 51.4 Å². The maximum atomic E-state index is 6.31. The molecule has 0 saturated heterocycles. The van der Waals surface area contributed by atoms with Gasteiger partial charge in [0.1, 0.15) is 11.5 Å². The van der Waals surface area contributed by atoms with E-state index in [1.807, 2.05) is 0 Å². The molecular weight excluding hydrogens is 526 g/mol. The zero-order valence-electron chi connectivity index (χ0n) is 24.5. The first-order valence-corrected chi connectivity index (χ1v) is 16.0. The van der Waals surface area contributed by atoms with Crippen LogP contribution in [-0.2, 0) is 0 Å². The van der Waals surface area contributed by atoms with Crippen LogP contribution in [0.4, 0.5) is 17.1 Å². The summed E-state index contributed by atoms with van der Waals surface area (Å²) in [5.74, 6) is 1.90. The largest absolute Gasteiger partial charge is 0.490 e. The van der Waals surface area contributed by atoms with E-state index in [1.54, 1.807) is 0 Å². The lowest BCUT2D eigenvalue weighted by Gasteiger charge is -2.27. The van der Waals surface area contributed by atoms with Crippen molar-refractivity contribution in [3.63, 3.8) is 0 Å². The fourth-order valence-corrected chi connectivity index (χ4v) is 7.23. The summed E-state index contributed by atoms with van der Waals surface area (Å²) in [7, 11) is 0. The molecule has 214 valence electrons. The van der Waals surface area contributed by atoms with Gasteiger partial charge >= 0.3 is 0 Å². The molecule has 0 radical (unpaired) electrons. The van der Waals surface area contributed by atoms with Gasteiger partial charge in [0.15, 0.2) is 0 Å². The quantitative estimate of drug-likeness (QED) is 0.180. The Morgan fingerprint density at radius 1 is 0.395 bits per heavy atom.